The molecule has 0 saturated carbocycles. The standard InChI is InChI=1S/C30H45NO3S/c1-6-9-16-30(17-10-7-2)22-35-27-15-14-24(31(4)5)21-26(27)28(29(30)32)23-12-11-13-25(20-23)34-19-18-33-8-3/h11-15,20-21,28-29,32H,6-10,16-19,22H2,1-5H3/t28-,29-/m0/s1. The van der Waals surface area contributed by atoms with E-state index in [9.17, 15) is 5.11 Å². The Hall–Kier alpha value is -1.69. The molecule has 0 saturated heterocycles. The van der Waals surface area contributed by atoms with Crippen molar-refractivity contribution in [2.45, 2.75) is 76.2 Å². The molecule has 0 aliphatic carbocycles. The Bertz CT molecular complexity index is 908. The summed E-state index contributed by atoms with van der Waals surface area (Å²) in [5.74, 6) is 1.71. The Morgan fingerprint density at radius 1 is 1.00 bits per heavy atom. The molecule has 1 aliphatic rings. The highest BCUT2D eigenvalue weighted by atomic mass is 32.2. The van der Waals surface area contributed by atoms with Crippen molar-refractivity contribution in [3.8, 4) is 5.75 Å². The van der Waals surface area contributed by atoms with Gasteiger partial charge in [-0.1, -0.05) is 51.7 Å². The Balaban J connectivity index is 2.07. The van der Waals surface area contributed by atoms with Crippen LogP contribution in [0.25, 0.3) is 0 Å². The van der Waals surface area contributed by atoms with E-state index in [1.807, 2.05) is 24.8 Å². The number of nitrogens with zero attached hydrogens (tertiary/aromatic N) is 1. The minimum absolute atomic E-state index is 0.0935. The minimum atomic E-state index is -0.453. The molecule has 2 aromatic rings. The average molecular weight is 500 g/mol. The summed E-state index contributed by atoms with van der Waals surface area (Å²) in [6.45, 7) is 8.30. The molecule has 4 nitrogen and oxygen atoms in total. The summed E-state index contributed by atoms with van der Waals surface area (Å²) < 4.78 is 11.5. The van der Waals surface area contributed by atoms with Crippen LogP contribution in [0.3, 0.4) is 0 Å². The lowest BCUT2D eigenvalue weighted by molar-refractivity contribution is 0.0135. The number of aliphatic hydroxyl groups excluding tert-OH is 1. The molecule has 0 radical (unpaired) electrons. The number of anilines is 1. The molecule has 0 unspecified atom stereocenters. The van der Waals surface area contributed by atoms with Crippen LogP contribution < -0.4 is 9.64 Å². The van der Waals surface area contributed by atoms with E-state index in [0.717, 1.165) is 55.6 Å². The maximum absolute atomic E-state index is 12.3. The Labute approximate surface area is 217 Å². The summed E-state index contributed by atoms with van der Waals surface area (Å²) in [6.07, 6.45) is 6.26. The van der Waals surface area contributed by atoms with Gasteiger partial charge in [-0.2, -0.15) is 0 Å². The number of unbranched alkanes of at least 4 members (excludes halogenated alkanes) is 2. The van der Waals surface area contributed by atoms with Gasteiger partial charge in [-0.15, -0.1) is 11.8 Å². The maximum atomic E-state index is 12.3. The van der Waals surface area contributed by atoms with Gasteiger partial charge in [0.05, 0.1) is 12.7 Å². The van der Waals surface area contributed by atoms with Crippen molar-refractivity contribution < 1.29 is 14.6 Å². The smallest absolute Gasteiger partial charge is 0.119 e. The molecular formula is C30H45NO3S. The van der Waals surface area contributed by atoms with Crippen LogP contribution in [0, 0.1) is 5.41 Å². The van der Waals surface area contributed by atoms with Gasteiger partial charge in [-0.05, 0) is 61.2 Å². The molecule has 1 aliphatic heterocycles. The number of ether oxygens (including phenoxy) is 2. The van der Waals surface area contributed by atoms with E-state index in [1.165, 1.54) is 16.1 Å². The molecule has 0 spiro atoms. The first-order valence-electron chi connectivity index (χ1n) is 13.4. The second-order valence-corrected chi connectivity index (χ2v) is 11.0. The number of hydrogen-bond acceptors (Lipinski definition) is 5. The molecule has 1 N–H and O–H groups in total. The Morgan fingerprint density at radius 3 is 2.40 bits per heavy atom. The summed E-state index contributed by atoms with van der Waals surface area (Å²) >= 11 is 1.94. The summed E-state index contributed by atoms with van der Waals surface area (Å²) in [6, 6.07) is 15.1. The summed E-state index contributed by atoms with van der Waals surface area (Å²) in [4.78, 5) is 3.44. The van der Waals surface area contributed by atoms with Crippen molar-refractivity contribution >= 4 is 17.4 Å². The molecule has 2 aromatic carbocycles. The number of hydrogen-bond donors (Lipinski definition) is 1. The first-order valence-corrected chi connectivity index (χ1v) is 14.4. The van der Waals surface area contributed by atoms with Crippen LogP contribution in [0.4, 0.5) is 5.69 Å². The second kappa shape index (κ2) is 13.6. The number of fused-ring (bicyclic) bond motifs is 1. The molecule has 3 rings (SSSR count). The SMILES string of the molecule is CCCCC1(CCCC)CSc2ccc(N(C)C)cc2[C@H](c2cccc(OCCOCC)c2)[C@@H]1O. The second-order valence-electron chi connectivity index (χ2n) is 10.0. The van der Waals surface area contributed by atoms with Crippen LogP contribution in [0.5, 0.6) is 5.75 Å². The van der Waals surface area contributed by atoms with Crippen LogP contribution in [0.15, 0.2) is 47.4 Å². The molecule has 194 valence electrons. The lowest BCUT2D eigenvalue weighted by atomic mass is 9.68. The lowest BCUT2D eigenvalue weighted by Crippen LogP contribution is -2.41. The van der Waals surface area contributed by atoms with Gasteiger partial charge >= 0.3 is 0 Å². The van der Waals surface area contributed by atoms with Crippen LogP contribution in [0.2, 0.25) is 0 Å². The number of thioether (sulfide) groups is 1. The number of benzene rings is 2. The molecule has 0 fully saturated rings. The topological polar surface area (TPSA) is 41.9 Å². The summed E-state index contributed by atoms with van der Waals surface area (Å²) in [5.41, 5.74) is 3.42. The Kier molecular flexibility index (Phi) is 10.8. The van der Waals surface area contributed by atoms with Crippen molar-refractivity contribution in [2.24, 2.45) is 5.41 Å². The number of aliphatic hydroxyl groups is 1. The zero-order valence-corrected chi connectivity index (χ0v) is 23.2. The van der Waals surface area contributed by atoms with Gasteiger partial charge in [0.1, 0.15) is 12.4 Å². The highest BCUT2D eigenvalue weighted by molar-refractivity contribution is 7.99. The quantitative estimate of drug-likeness (QED) is 0.297. The van der Waals surface area contributed by atoms with Gasteiger partial charge < -0.3 is 19.5 Å². The van der Waals surface area contributed by atoms with E-state index in [0.29, 0.717) is 19.8 Å². The molecular weight excluding hydrogens is 454 g/mol. The van der Waals surface area contributed by atoms with Crippen molar-refractivity contribution in [3.63, 3.8) is 0 Å². The van der Waals surface area contributed by atoms with E-state index in [2.05, 4.69) is 69.2 Å². The third-order valence-corrected chi connectivity index (χ3v) is 8.68. The first kappa shape index (κ1) is 27.9. The fourth-order valence-corrected chi connectivity index (χ4v) is 6.58. The fraction of sp³-hybridized carbons (Fsp3) is 0.600. The highest BCUT2D eigenvalue weighted by Crippen LogP contribution is 2.52. The van der Waals surface area contributed by atoms with E-state index in [1.54, 1.807) is 0 Å². The van der Waals surface area contributed by atoms with Crippen molar-refractivity contribution in [2.75, 3.05) is 44.6 Å². The van der Waals surface area contributed by atoms with Crippen LogP contribution in [-0.4, -0.2) is 50.9 Å². The minimum Gasteiger partial charge on any atom is -0.491 e. The van der Waals surface area contributed by atoms with E-state index >= 15 is 0 Å². The maximum Gasteiger partial charge on any atom is 0.119 e. The molecule has 1 heterocycles. The van der Waals surface area contributed by atoms with Gasteiger partial charge in [0.25, 0.3) is 0 Å². The van der Waals surface area contributed by atoms with E-state index in [-0.39, 0.29) is 11.3 Å². The molecule has 35 heavy (non-hydrogen) atoms. The predicted octanol–water partition coefficient (Wildman–Crippen LogP) is 7.13. The highest BCUT2D eigenvalue weighted by Gasteiger charge is 2.45. The van der Waals surface area contributed by atoms with Crippen LogP contribution >= 0.6 is 11.8 Å². The van der Waals surface area contributed by atoms with Crippen LogP contribution in [-0.2, 0) is 4.74 Å². The Morgan fingerprint density at radius 2 is 1.74 bits per heavy atom. The van der Waals surface area contributed by atoms with E-state index < -0.39 is 6.10 Å². The van der Waals surface area contributed by atoms with Gasteiger partial charge in [0.2, 0.25) is 0 Å². The monoisotopic (exact) mass is 499 g/mol. The lowest BCUT2D eigenvalue weighted by Gasteiger charge is -2.40. The molecule has 0 amide bonds. The molecule has 5 heteroatoms. The third kappa shape index (κ3) is 6.96. The van der Waals surface area contributed by atoms with Crippen molar-refractivity contribution in [1.82, 2.24) is 0 Å². The largest absolute Gasteiger partial charge is 0.491 e. The predicted molar refractivity (Wildman–Crippen MR) is 149 cm³/mol. The average Bonchev–Trinajstić information content (AvgIpc) is 2.98. The van der Waals surface area contributed by atoms with E-state index in [4.69, 9.17) is 9.47 Å². The summed E-state index contributed by atoms with van der Waals surface area (Å²) in [5, 5.41) is 12.3. The zero-order chi connectivity index (χ0) is 25.3. The number of rotatable bonds is 13. The third-order valence-electron chi connectivity index (χ3n) is 7.28. The van der Waals surface area contributed by atoms with Crippen LogP contribution in [0.1, 0.15) is 76.3 Å². The zero-order valence-electron chi connectivity index (χ0n) is 22.4. The van der Waals surface area contributed by atoms with Gasteiger partial charge in [0, 0.05) is 48.4 Å². The summed E-state index contributed by atoms with van der Waals surface area (Å²) in [7, 11) is 4.16. The molecule has 0 aromatic heterocycles. The normalized spacial score (nSPS) is 19.1. The fourth-order valence-electron chi connectivity index (χ4n) is 5.16. The first-order chi connectivity index (χ1) is 17.0. The molecule has 2 atom stereocenters. The van der Waals surface area contributed by atoms with Crippen molar-refractivity contribution in [1.29, 1.82) is 0 Å². The van der Waals surface area contributed by atoms with Gasteiger partial charge in [-0.3, -0.25) is 0 Å². The van der Waals surface area contributed by atoms with Gasteiger partial charge in [-0.25, -0.2) is 0 Å². The van der Waals surface area contributed by atoms with Gasteiger partial charge in [0.15, 0.2) is 0 Å². The van der Waals surface area contributed by atoms with Crippen molar-refractivity contribution in [3.05, 3.63) is 53.6 Å². The molecule has 0 bridgehead atoms.